The molecule has 0 aliphatic carbocycles. The zero-order valence-electron chi connectivity index (χ0n) is 21.8. The van der Waals surface area contributed by atoms with Crippen LogP contribution in [0.3, 0.4) is 0 Å². The van der Waals surface area contributed by atoms with Crippen LogP contribution in [0, 0.1) is 5.82 Å². The number of piperazine rings is 1. The molecule has 1 aliphatic heterocycles. The lowest BCUT2D eigenvalue weighted by Crippen LogP contribution is -2.59. The minimum Gasteiger partial charge on any atom is -0.341 e. The molecule has 1 fully saturated rings. The summed E-state index contributed by atoms with van der Waals surface area (Å²) in [5, 5.41) is 4.46. The average Bonchev–Trinajstić information content (AvgIpc) is 3.55. The van der Waals surface area contributed by atoms with Crippen molar-refractivity contribution in [3.8, 4) is 11.3 Å². The molecule has 9 nitrogen and oxygen atoms in total. The number of carbonyl (C=O) groups excluding carboxylic acids is 2. The van der Waals surface area contributed by atoms with Gasteiger partial charge in [0.05, 0.1) is 11.9 Å². The number of nitrogens with zero attached hydrogens (tertiary/aromatic N) is 6. The molecule has 1 amide bonds. The fourth-order valence-corrected chi connectivity index (χ4v) is 4.21. The van der Waals surface area contributed by atoms with Crippen molar-refractivity contribution >= 4 is 17.8 Å². The Kier molecular flexibility index (Phi) is 7.49. The molecule has 0 atom stereocenters. The van der Waals surface area contributed by atoms with E-state index >= 15 is 0 Å². The Morgan fingerprint density at radius 3 is 2.51 bits per heavy atom. The normalized spacial score (nSPS) is 15.5. The summed E-state index contributed by atoms with van der Waals surface area (Å²) in [4.78, 5) is 38.2. The van der Waals surface area contributed by atoms with E-state index in [9.17, 15) is 14.0 Å². The standard InChI is InChI=1S/C16H14FN3O.C11H18N4O/c1-10(2)14-7-15(11-3-5-12(17)6-4-11)19-20-8-13(9-21)18-16(14)20;1-11(2)8-15(7-6-14(11)3)10(16)9-12-4-5-13-9/h3-10H,1-2H3;4-5H,6-8H2,1-3H3,(H,12,13). The van der Waals surface area contributed by atoms with Gasteiger partial charge in [0, 0.05) is 48.7 Å². The molecule has 3 aromatic heterocycles. The number of fused-ring (bicyclic) bond motifs is 1. The summed E-state index contributed by atoms with van der Waals surface area (Å²) >= 11 is 0. The van der Waals surface area contributed by atoms with Gasteiger partial charge in [0.25, 0.3) is 5.91 Å². The van der Waals surface area contributed by atoms with Crippen molar-refractivity contribution < 1.29 is 14.0 Å². The number of nitrogens with one attached hydrogen (secondary N) is 1. The monoisotopic (exact) mass is 505 g/mol. The maximum absolute atomic E-state index is 13.0. The van der Waals surface area contributed by atoms with Crippen LogP contribution in [0.15, 0.2) is 48.9 Å². The summed E-state index contributed by atoms with van der Waals surface area (Å²) in [6.45, 7) is 10.8. The number of aromatic amines is 1. The van der Waals surface area contributed by atoms with Crippen LogP contribution in [0.4, 0.5) is 4.39 Å². The first-order chi connectivity index (χ1) is 17.6. The minimum atomic E-state index is -0.283. The molecule has 0 spiro atoms. The first-order valence-electron chi connectivity index (χ1n) is 12.2. The third kappa shape index (κ3) is 5.75. The quantitative estimate of drug-likeness (QED) is 0.420. The van der Waals surface area contributed by atoms with Gasteiger partial charge in [-0.2, -0.15) is 5.10 Å². The van der Waals surface area contributed by atoms with Gasteiger partial charge in [-0.25, -0.2) is 18.9 Å². The number of amides is 1. The number of aromatic nitrogens is 5. The summed E-state index contributed by atoms with van der Waals surface area (Å²) in [5.41, 5.74) is 3.60. The Morgan fingerprint density at radius 2 is 1.92 bits per heavy atom. The molecular weight excluding hydrogens is 473 g/mol. The van der Waals surface area contributed by atoms with E-state index in [0.29, 0.717) is 23.5 Å². The van der Waals surface area contributed by atoms with Gasteiger partial charge in [0.15, 0.2) is 17.8 Å². The number of hydrogen-bond donors (Lipinski definition) is 1. The number of rotatable bonds is 4. The molecule has 10 heteroatoms. The van der Waals surface area contributed by atoms with Gasteiger partial charge >= 0.3 is 0 Å². The van der Waals surface area contributed by atoms with E-state index in [4.69, 9.17) is 0 Å². The van der Waals surface area contributed by atoms with E-state index in [1.54, 1.807) is 35.2 Å². The van der Waals surface area contributed by atoms with E-state index in [1.807, 2.05) is 11.0 Å². The molecule has 1 aromatic carbocycles. The van der Waals surface area contributed by atoms with Crippen LogP contribution in [0.5, 0.6) is 0 Å². The summed E-state index contributed by atoms with van der Waals surface area (Å²) in [6.07, 6.45) is 5.58. The van der Waals surface area contributed by atoms with Gasteiger partial charge in [-0.1, -0.05) is 13.8 Å². The van der Waals surface area contributed by atoms with Crippen LogP contribution >= 0.6 is 0 Å². The van der Waals surface area contributed by atoms with Crippen molar-refractivity contribution in [2.75, 3.05) is 26.7 Å². The van der Waals surface area contributed by atoms with Crippen LogP contribution in [-0.2, 0) is 0 Å². The highest BCUT2D eigenvalue weighted by Crippen LogP contribution is 2.25. The molecule has 37 heavy (non-hydrogen) atoms. The summed E-state index contributed by atoms with van der Waals surface area (Å²) in [6, 6.07) is 8.12. The second kappa shape index (κ2) is 10.6. The zero-order valence-corrected chi connectivity index (χ0v) is 21.8. The highest BCUT2D eigenvalue weighted by Gasteiger charge is 2.34. The maximum Gasteiger partial charge on any atom is 0.289 e. The van der Waals surface area contributed by atoms with Crippen LogP contribution in [0.1, 0.15) is 60.3 Å². The molecule has 0 saturated carbocycles. The minimum absolute atomic E-state index is 0.00817. The fraction of sp³-hybridized carbons (Fsp3) is 0.370. The number of benzene rings is 1. The Morgan fingerprint density at radius 1 is 1.19 bits per heavy atom. The predicted molar refractivity (Wildman–Crippen MR) is 139 cm³/mol. The van der Waals surface area contributed by atoms with E-state index in [1.165, 1.54) is 12.1 Å². The van der Waals surface area contributed by atoms with Crippen molar-refractivity contribution in [2.24, 2.45) is 0 Å². The number of likely N-dealkylation sites (N-methyl/N-ethyl adjacent to an activating group) is 1. The van der Waals surface area contributed by atoms with Gasteiger partial charge in [0.1, 0.15) is 11.5 Å². The summed E-state index contributed by atoms with van der Waals surface area (Å²) < 4.78 is 14.6. The van der Waals surface area contributed by atoms with E-state index in [0.717, 1.165) is 36.5 Å². The van der Waals surface area contributed by atoms with E-state index in [2.05, 4.69) is 59.7 Å². The number of imidazole rings is 2. The summed E-state index contributed by atoms with van der Waals surface area (Å²) in [5.74, 6) is 0.373. The van der Waals surface area contributed by atoms with E-state index in [-0.39, 0.29) is 23.2 Å². The zero-order chi connectivity index (χ0) is 26.7. The number of carbonyl (C=O) groups is 2. The highest BCUT2D eigenvalue weighted by atomic mass is 19.1. The molecule has 0 radical (unpaired) electrons. The van der Waals surface area contributed by atoms with Crippen LogP contribution < -0.4 is 0 Å². The topological polar surface area (TPSA) is 99.5 Å². The van der Waals surface area contributed by atoms with Crippen LogP contribution in [-0.4, -0.2) is 78.8 Å². The molecule has 1 N–H and O–H groups in total. The van der Waals surface area contributed by atoms with Crippen molar-refractivity contribution in [3.63, 3.8) is 0 Å². The Hall–Kier alpha value is -3.92. The first kappa shape index (κ1) is 26.2. The van der Waals surface area contributed by atoms with Crippen LogP contribution in [0.2, 0.25) is 0 Å². The Labute approximate surface area is 215 Å². The Bertz CT molecular complexity index is 1380. The van der Waals surface area contributed by atoms with Crippen molar-refractivity contribution in [2.45, 2.75) is 39.2 Å². The number of halogens is 1. The largest absolute Gasteiger partial charge is 0.341 e. The number of aldehydes is 1. The van der Waals surface area contributed by atoms with Gasteiger partial charge in [-0.15, -0.1) is 0 Å². The SMILES string of the molecule is CC(C)c1cc(-c2ccc(F)cc2)nn2cc(C=O)nc12.CN1CCN(C(=O)c2ncc[nH]2)CC1(C)C. The smallest absolute Gasteiger partial charge is 0.289 e. The highest BCUT2D eigenvalue weighted by molar-refractivity contribution is 5.90. The lowest BCUT2D eigenvalue weighted by Gasteiger charge is -2.45. The molecule has 1 aliphatic rings. The van der Waals surface area contributed by atoms with Gasteiger partial charge < -0.3 is 9.88 Å². The molecule has 5 rings (SSSR count). The molecule has 0 unspecified atom stereocenters. The van der Waals surface area contributed by atoms with E-state index < -0.39 is 0 Å². The molecule has 194 valence electrons. The van der Waals surface area contributed by atoms with Crippen molar-refractivity contribution in [3.05, 3.63) is 71.8 Å². The second-order valence-corrected chi connectivity index (χ2v) is 10.1. The second-order valence-electron chi connectivity index (χ2n) is 10.1. The molecule has 4 aromatic rings. The molecule has 4 heterocycles. The average molecular weight is 506 g/mol. The fourth-order valence-electron chi connectivity index (χ4n) is 4.21. The van der Waals surface area contributed by atoms with Crippen molar-refractivity contribution in [1.29, 1.82) is 0 Å². The predicted octanol–water partition coefficient (Wildman–Crippen LogP) is 4.05. The molecular formula is C27H32FN7O2. The third-order valence-electron chi connectivity index (χ3n) is 6.66. The number of H-pyrrole nitrogens is 1. The lowest BCUT2D eigenvalue weighted by molar-refractivity contribution is 0.0303. The van der Waals surface area contributed by atoms with Crippen LogP contribution in [0.25, 0.3) is 16.9 Å². The van der Waals surface area contributed by atoms with Gasteiger partial charge in [-0.05, 0) is 57.1 Å². The maximum atomic E-state index is 13.0. The third-order valence-corrected chi connectivity index (χ3v) is 6.66. The molecule has 1 saturated heterocycles. The van der Waals surface area contributed by atoms with Gasteiger partial charge in [0.2, 0.25) is 0 Å². The Balaban J connectivity index is 0.000000180. The number of hydrogen-bond acceptors (Lipinski definition) is 6. The molecule has 0 bridgehead atoms. The lowest BCUT2D eigenvalue weighted by atomic mass is 10.00. The summed E-state index contributed by atoms with van der Waals surface area (Å²) in [7, 11) is 2.09. The van der Waals surface area contributed by atoms with Crippen molar-refractivity contribution in [1.82, 2.24) is 34.4 Å². The first-order valence-corrected chi connectivity index (χ1v) is 12.2. The van der Waals surface area contributed by atoms with Gasteiger partial charge in [-0.3, -0.25) is 14.5 Å².